The van der Waals surface area contributed by atoms with E-state index in [1.165, 1.54) is 89.7 Å². The molecule has 5 aromatic carbocycles. The minimum Gasteiger partial charge on any atom is -0.454 e. The molecule has 5 aromatic rings. The number of benzene rings is 5. The quantitative estimate of drug-likeness (QED) is 0.191. The molecule has 0 amide bonds. The summed E-state index contributed by atoms with van der Waals surface area (Å²) in [6.45, 7) is 9.78. The molecule has 1 aliphatic heterocycles. The highest BCUT2D eigenvalue weighted by Gasteiger charge is 2.62. The molecule has 4 bridgehead atoms. The first-order valence-electron chi connectivity index (χ1n) is 19.2. The van der Waals surface area contributed by atoms with Crippen molar-refractivity contribution < 1.29 is 4.74 Å². The maximum absolute atomic E-state index is 7.54. The fraction of sp³-hybridized carbons (Fsp3) is 0.375. The Hall–Kier alpha value is -4.30. The monoisotopic (exact) mass is 655 g/mol. The van der Waals surface area contributed by atoms with Crippen LogP contribution in [0.15, 0.2) is 115 Å². The van der Waals surface area contributed by atoms with Crippen LogP contribution in [0.4, 0.5) is 17.1 Å². The van der Waals surface area contributed by atoms with Crippen molar-refractivity contribution in [3.63, 3.8) is 0 Å². The topological polar surface area (TPSA) is 12.5 Å². The van der Waals surface area contributed by atoms with Crippen molar-refractivity contribution in [3.05, 3.63) is 138 Å². The van der Waals surface area contributed by atoms with Gasteiger partial charge in [-0.05, 0) is 120 Å². The van der Waals surface area contributed by atoms with Gasteiger partial charge in [-0.3, -0.25) is 0 Å². The first-order chi connectivity index (χ1) is 24.3. The highest BCUT2D eigenvalue weighted by Crippen LogP contribution is 2.70. The third-order valence-electron chi connectivity index (χ3n) is 13.9. The Balaban J connectivity index is 1.27. The van der Waals surface area contributed by atoms with Crippen LogP contribution in [-0.2, 0) is 16.2 Å². The summed E-state index contributed by atoms with van der Waals surface area (Å²) in [6, 6.07) is 43.3. The van der Waals surface area contributed by atoms with Gasteiger partial charge in [0.25, 0.3) is 0 Å². The lowest BCUT2D eigenvalue weighted by Crippen LogP contribution is -2.57. The van der Waals surface area contributed by atoms with Gasteiger partial charge < -0.3 is 9.64 Å². The summed E-state index contributed by atoms with van der Waals surface area (Å²) in [7, 11) is 0. The Bertz CT molecular complexity index is 2080. The van der Waals surface area contributed by atoms with Gasteiger partial charge in [0.1, 0.15) is 5.75 Å². The van der Waals surface area contributed by atoms with Gasteiger partial charge in [-0.1, -0.05) is 119 Å². The lowest BCUT2D eigenvalue weighted by Gasteiger charge is -2.63. The number of anilines is 3. The van der Waals surface area contributed by atoms with E-state index in [2.05, 4.69) is 148 Å². The van der Waals surface area contributed by atoms with Gasteiger partial charge in [-0.15, -0.1) is 0 Å². The van der Waals surface area contributed by atoms with Crippen LogP contribution in [0, 0.1) is 23.7 Å². The summed E-state index contributed by atoms with van der Waals surface area (Å²) in [5.41, 5.74) is 12.0. The zero-order valence-electron chi connectivity index (χ0n) is 30.1. The van der Waals surface area contributed by atoms with E-state index in [0.29, 0.717) is 11.8 Å². The van der Waals surface area contributed by atoms with Gasteiger partial charge in [0.2, 0.25) is 0 Å². The van der Waals surface area contributed by atoms with Gasteiger partial charge >= 0.3 is 0 Å². The number of rotatable bonds is 4. The minimum absolute atomic E-state index is 0.0416. The third kappa shape index (κ3) is 4.26. The molecule has 11 rings (SSSR count). The van der Waals surface area contributed by atoms with Crippen LogP contribution in [-0.4, -0.2) is 0 Å². The summed E-state index contributed by atoms with van der Waals surface area (Å²) in [6.07, 6.45) is 9.15. The zero-order chi connectivity index (χ0) is 33.8. The molecule has 6 aliphatic rings. The summed E-state index contributed by atoms with van der Waals surface area (Å²) in [5, 5.41) is 0. The number of para-hydroxylation sites is 3. The van der Waals surface area contributed by atoms with Crippen molar-refractivity contribution in [2.75, 3.05) is 4.90 Å². The Morgan fingerprint density at radius 3 is 1.76 bits per heavy atom. The molecule has 0 aromatic heterocycles. The number of ether oxygens (including phenoxy) is 1. The van der Waals surface area contributed by atoms with Crippen LogP contribution in [0.5, 0.6) is 11.5 Å². The fourth-order valence-corrected chi connectivity index (χ4v) is 11.9. The van der Waals surface area contributed by atoms with Crippen LogP contribution < -0.4 is 9.64 Å². The molecule has 0 saturated heterocycles. The molecular weight excluding hydrogens is 607 g/mol. The van der Waals surface area contributed by atoms with Crippen molar-refractivity contribution in [2.45, 2.75) is 88.9 Å². The van der Waals surface area contributed by atoms with E-state index in [1.807, 2.05) is 0 Å². The molecule has 50 heavy (non-hydrogen) atoms. The standard InChI is InChI=1S/C48H49NO/c1-46(2)24-25-47(3,4)43-38(46)19-12-22-41(43)49(36-16-9-6-10-17-36)42-23-13-21-40-45(42)50-44-37(33-14-7-5-8-15-33)18-11-20-39(44)48(40)34-27-31-26-32(29-34)30-35(48)28-31/h5-23,31-32,34-35H,24-30H2,1-4H3. The predicted molar refractivity (Wildman–Crippen MR) is 206 cm³/mol. The lowest BCUT2D eigenvalue weighted by atomic mass is 9.41. The third-order valence-corrected chi connectivity index (χ3v) is 13.9. The van der Waals surface area contributed by atoms with E-state index in [4.69, 9.17) is 4.74 Å². The van der Waals surface area contributed by atoms with Gasteiger partial charge in [-0.2, -0.15) is 0 Å². The van der Waals surface area contributed by atoms with Crippen LogP contribution in [0.25, 0.3) is 11.1 Å². The van der Waals surface area contributed by atoms with Crippen LogP contribution in [0.2, 0.25) is 0 Å². The van der Waals surface area contributed by atoms with Crippen LogP contribution in [0.1, 0.15) is 94.9 Å². The van der Waals surface area contributed by atoms with Crippen molar-refractivity contribution in [2.24, 2.45) is 23.7 Å². The van der Waals surface area contributed by atoms with E-state index in [1.54, 1.807) is 0 Å². The smallest absolute Gasteiger partial charge is 0.155 e. The molecule has 5 aliphatic carbocycles. The van der Waals surface area contributed by atoms with Crippen molar-refractivity contribution in [1.29, 1.82) is 0 Å². The van der Waals surface area contributed by atoms with Crippen molar-refractivity contribution >= 4 is 17.1 Å². The Labute approximate surface area is 298 Å². The molecule has 4 fully saturated rings. The average Bonchev–Trinajstić information content (AvgIpc) is 3.12. The minimum atomic E-state index is -0.0448. The molecule has 0 N–H and O–H groups in total. The molecule has 2 heteroatoms. The maximum atomic E-state index is 7.54. The summed E-state index contributed by atoms with van der Waals surface area (Å²) >= 11 is 0. The molecule has 2 nitrogen and oxygen atoms in total. The van der Waals surface area contributed by atoms with Crippen molar-refractivity contribution in [1.82, 2.24) is 0 Å². The van der Waals surface area contributed by atoms with E-state index >= 15 is 0 Å². The highest BCUT2D eigenvalue weighted by atomic mass is 16.5. The fourth-order valence-electron chi connectivity index (χ4n) is 11.9. The Morgan fingerprint density at radius 2 is 1.08 bits per heavy atom. The van der Waals surface area contributed by atoms with Gasteiger partial charge in [0, 0.05) is 27.8 Å². The first kappa shape index (κ1) is 30.5. The summed E-state index contributed by atoms with van der Waals surface area (Å²) in [5.74, 6) is 5.16. The number of hydrogen-bond donors (Lipinski definition) is 0. The SMILES string of the molecule is CC1(C)CCC(C)(C)c2c(N(c3ccccc3)c3cccc4c3Oc3c(-c5ccccc5)cccc3C43C4CC5CC(C4)CC3C5)cccc21. The Morgan fingerprint density at radius 1 is 0.520 bits per heavy atom. The van der Waals surface area contributed by atoms with Crippen molar-refractivity contribution in [3.8, 4) is 22.6 Å². The van der Waals surface area contributed by atoms with Crippen LogP contribution in [0.3, 0.4) is 0 Å². The number of hydrogen-bond acceptors (Lipinski definition) is 2. The number of nitrogens with zero attached hydrogens (tertiary/aromatic N) is 1. The van der Waals surface area contributed by atoms with Gasteiger partial charge in [-0.25, -0.2) is 0 Å². The van der Waals surface area contributed by atoms with Gasteiger partial charge in [0.15, 0.2) is 5.75 Å². The molecular formula is C48H49NO. The second kappa shape index (κ2) is 10.8. The average molecular weight is 656 g/mol. The second-order valence-electron chi connectivity index (χ2n) is 17.6. The normalized spacial score (nSPS) is 27.6. The molecule has 4 saturated carbocycles. The van der Waals surface area contributed by atoms with E-state index in [9.17, 15) is 0 Å². The molecule has 252 valence electrons. The number of fused-ring (bicyclic) bond motifs is 3. The van der Waals surface area contributed by atoms with E-state index in [-0.39, 0.29) is 16.2 Å². The van der Waals surface area contributed by atoms with E-state index < -0.39 is 0 Å². The second-order valence-corrected chi connectivity index (χ2v) is 17.6. The van der Waals surface area contributed by atoms with Gasteiger partial charge in [0.05, 0.1) is 11.4 Å². The molecule has 1 spiro atoms. The largest absolute Gasteiger partial charge is 0.454 e. The predicted octanol–water partition coefficient (Wildman–Crippen LogP) is 13.0. The highest BCUT2D eigenvalue weighted by molar-refractivity contribution is 5.87. The first-order valence-corrected chi connectivity index (χ1v) is 19.2. The summed E-state index contributed by atoms with van der Waals surface area (Å²) in [4.78, 5) is 2.56. The maximum Gasteiger partial charge on any atom is 0.155 e. The van der Waals surface area contributed by atoms with E-state index in [0.717, 1.165) is 29.0 Å². The Kier molecular flexibility index (Phi) is 6.62. The molecule has 1 heterocycles. The lowest BCUT2D eigenvalue weighted by molar-refractivity contribution is -0.0451. The molecule has 0 unspecified atom stereocenters. The summed E-state index contributed by atoms with van der Waals surface area (Å²) < 4.78 is 7.54. The molecule has 0 atom stereocenters. The zero-order valence-corrected chi connectivity index (χ0v) is 30.1. The molecule has 0 radical (unpaired) electrons. The van der Waals surface area contributed by atoms with Crippen LogP contribution >= 0.6 is 0 Å².